The molecule has 6 nitrogen and oxygen atoms in total. The van der Waals surface area contributed by atoms with Gasteiger partial charge in [-0.3, -0.25) is 4.79 Å². The van der Waals surface area contributed by atoms with Gasteiger partial charge in [-0.15, -0.1) is 0 Å². The summed E-state index contributed by atoms with van der Waals surface area (Å²) in [5, 5.41) is 3.97. The van der Waals surface area contributed by atoms with Gasteiger partial charge >= 0.3 is 0 Å². The molecule has 1 atom stereocenters. The zero-order chi connectivity index (χ0) is 24.9. The normalized spacial score (nSPS) is 17.5. The van der Waals surface area contributed by atoms with Crippen LogP contribution in [0.1, 0.15) is 37.3 Å². The number of nitrogens with one attached hydrogen (secondary N) is 1. The summed E-state index contributed by atoms with van der Waals surface area (Å²) in [6.45, 7) is 4.67. The van der Waals surface area contributed by atoms with Gasteiger partial charge in [0.25, 0.3) is 0 Å². The standard InChI is InChI=1S/C25H33Cl2N3O3S/c1-25(20-9-10-22(26)23(27)17-20,24(31)28-18-19-7-5-4-6-8-19)13-16-30-14-11-21(12-15-30)29(2)34(3,32)33/h4-10,17,21H,11-16,18H2,1-3H3,(H,28,31). The van der Waals surface area contributed by atoms with Gasteiger partial charge in [0.05, 0.1) is 21.7 Å². The van der Waals surface area contributed by atoms with E-state index in [4.69, 9.17) is 23.2 Å². The van der Waals surface area contributed by atoms with E-state index in [2.05, 4.69) is 10.2 Å². The smallest absolute Gasteiger partial charge is 0.230 e. The van der Waals surface area contributed by atoms with Crippen molar-refractivity contribution in [3.05, 3.63) is 69.7 Å². The van der Waals surface area contributed by atoms with E-state index in [0.29, 0.717) is 29.6 Å². The van der Waals surface area contributed by atoms with Crippen LogP contribution in [0, 0.1) is 0 Å². The molecule has 1 saturated heterocycles. The van der Waals surface area contributed by atoms with Gasteiger partial charge < -0.3 is 10.2 Å². The molecule has 1 aliphatic rings. The number of benzene rings is 2. The fourth-order valence-corrected chi connectivity index (χ4v) is 5.41. The number of sulfonamides is 1. The molecular weight excluding hydrogens is 493 g/mol. The summed E-state index contributed by atoms with van der Waals surface area (Å²) in [5.41, 5.74) is 1.05. The Balaban J connectivity index is 1.70. The number of halogens is 2. The van der Waals surface area contributed by atoms with Crippen LogP contribution in [0.5, 0.6) is 0 Å². The average molecular weight is 527 g/mol. The van der Waals surface area contributed by atoms with E-state index in [0.717, 1.165) is 37.1 Å². The van der Waals surface area contributed by atoms with Gasteiger partial charge in [0.1, 0.15) is 0 Å². The Hall–Kier alpha value is -1.64. The summed E-state index contributed by atoms with van der Waals surface area (Å²) in [5.74, 6) is -0.0681. The molecule has 0 aliphatic carbocycles. The van der Waals surface area contributed by atoms with Crippen LogP contribution in [0.2, 0.25) is 10.0 Å². The predicted octanol–water partition coefficient (Wildman–Crippen LogP) is 4.31. The van der Waals surface area contributed by atoms with Crippen LogP contribution in [0.3, 0.4) is 0 Å². The molecule has 186 valence electrons. The fraction of sp³-hybridized carbons (Fsp3) is 0.480. The largest absolute Gasteiger partial charge is 0.351 e. The number of nitrogens with zero attached hydrogens (tertiary/aromatic N) is 2. The lowest BCUT2D eigenvalue weighted by atomic mass is 9.78. The molecule has 34 heavy (non-hydrogen) atoms. The lowest BCUT2D eigenvalue weighted by Crippen LogP contribution is -2.48. The first-order valence-electron chi connectivity index (χ1n) is 11.4. The van der Waals surface area contributed by atoms with Crippen molar-refractivity contribution >= 4 is 39.1 Å². The zero-order valence-corrected chi connectivity index (χ0v) is 22.3. The number of amides is 1. The number of hydrogen-bond donors (Lipinski definition) is 1. The maximum absolute atomic E-state index is 13.5. The highest BCUT2D eigenvalue weighted by molar-refractivity contribution is 7.88. The molecule has 1 N–H and O–H groups in total. The van der Waals surface area contributed by atoms with Crippen molar-refractivity contribution in [3.63, 3.8) is 0 Å². The van der Waals surface area contributed by atoms with Crippen molar-refractivity contribution in [1.29, 1.82) is 0 Å². The van der Waals surface area contributed by atoms with E-state index in [-0.39, 0.29) is 11.9 Å². The molecule has 1 heterocycles. The van der Waals surface area contributed by atoms with Gasteiger partial charge in [0.2, 0.25) is 15.9 Å². The third kappa shape index (κ3) is 6.73. The Morgan fingerprint density at radius 2 is 1.76 bits per heavy atom. The van der Waals surface area contributed by atoms with Gasteiger partial charge in [-0.05, 0) is 69.1 Å². The topological polar surface area (TPSA) is 69.7 Å². The molecule has 2 aromatic carbocycles. The minimum atomic E-state index is -3.20. The molecular formula is C25H33Cl2N3O3S. The second-order valence-electron chi connectivity index (χ2n) is 9.23. The molecule has 1 unspecified atom stereocenters. The Labute approximate surface area is 213 Å². The number of carbonyl (C=O) groups excluding carboxylic acids is 1. The van der Waals surface area contributed by atoms with Crippen molar-refractivity contribution in [2.75, 3.05) is 32.9 Å². The molecule has 1 fully saturated rings. The Morgan fingerprint density at radius 3 is 2.35 bits per heavy atom. The van der Waals surface area contributed by atoms with Crippen LogP contribution in [0.4, 0.5) is 0 Å². The van der Waals surface area contributed by atoms with Crippen molar-refractivity contribution in [2.45, 2.75) is 44.2 Å². The molecule has 0 radical (unpaired) electrons. The summed E-state index contributed by atoms with van der Waals surface area (Å²) in [6.07, 6.45) is 3.38. The van der Waals surface area contributed by atoms with Crippen LogP contribution < -0.4 is 5.32 Å². The van der Waals surface area contributed by atoms with Gasteiger partial charge in [0.15, 0.2) is 0 Å². The minimum Gasteiger partial charge on any atom is -0.351 e. The Morgan fingerprint density at radius 1 is 1.12 bits per heavy atom. The van der Waals surface area contributed by atoms with Crippen LogP contribution >= 0.6 is 23.2 Å². The van der Waals surface area contributed by atoms with Crippen LogP contribution in [-0.2, 0) is 26.8 Å². The lowest BCUT2D eigenvalue weighted by Gasteiger charge is -2.37. The number of carbonyl (C=O) groups is 1. The third-order valence-electron chi connectivity index (χ3n) is 6.88. The van der Waals surface area contributed by atoms with E-state index in [9.17, 15) is 13.2 Å². The molecule has 0 aromatic heterocycles. The fourth-order valence-electron chi connectivity index (χ4n) is 4.36. The summed E-state index contributed by atoms with van der Waals surface area (Å²) in [4.78, 5) is 15.8. The van der Waals surface area contributed by atoms with Gasteiger partial charge in [0, 0.05) is 19.6 Å². The van der Waals surface area contributed by atoms with Crippen LogP contribution in [0.15, 0.2) is 48.5 Å². The number of likely N-dealkylation sites (tertiary alicyclic amines) is 1. The molecule has 9 heteroatoms. The molecule has 0 spiro atoms. The summed E-state index contributed by atoms with van der Waals surface area (Å²) in [7, 11) is -1.55. The average Bonchev–Trinajstić information content (AvgIpc) is 2.82. The second-order valence-corrected chi connectivity index (χ2v) is 12.1. The molecule has 0 bridgehead atoms. The SMILES string of the molecule is CN(C1CCN(CCC(C)(C(=O)NCc2ccccc2)c2ccc(Cl)c(Cl)c2)CC1)S(C)(=O)=O. The van der Waals surface area contributed by atoms with E-state index in [1.54, 1.807) is 19.2 Å². The maximum atomic E-state index is 13.5. The van der Waals surface area contributed by atoms with Crippen molar-refractivity contribution in [3.8, 4) is 0 Å². The van der Waals surface area contributed by atoms with E-state index in [1.807, 2.05) is 43.3 Å². The summed E-state index contributed by atoms with van der Waals surface area (Å²) in [6, 6.07) is 15.2. The van der Waals surface area contributed by atoms with E-state index < -0.39 is 15.4 Å². The third-order valence-corrected chi connectivity index (χ3v) is 8.96. The maximum Gasteiger partial charge on any atom is 0.230 e. The summed E-state index contributed by atoms with van der Waals surface area (Å²) < 4.78 is 25.2. The Bertz CT molecular complexity index is 1090. The number of piperidine rings is 1. The van der Waals surface area contributed by atoms with Crippen molar-refractivity contribution in [1.82, 2.24) is 14.5 Å². The first kappa shape index (κ1) is 27.0. The van der Waals surface area contributed by atoms with E-state index >= 15 is 0 Å². The quantitative estimate of drug-likeness (QED) is 0.529. The number of hydrogen-bond acceptors (Lipinski definition) is 4. The van der Waals surface area contributed by atoms with Crippen molar-refractivity contribution < 1.29 is 13.2 Å². The molecule has 1 aliphatic heterocycles. The van der Waals surface area contributed by atoms with Crippen molar-refractivity contribution in [2.24, 2.45) is 0 Å². The Kier molecular flexibility index (Phi) is 9.04. The van der Waals surface area contributed by atoms with E-state index in [1.165, 1.54) is 10.6 Å². The predicted molar refractivity (Wildman–Crippen MR) is 139 cm³/mol. The lowest BCUT2D eigenvalue weighted by molar-refractivity contribution is -0.126. The second kappa shape index (κ2) is 11.4. The van der Waals surface area contributed by atoms with Gasteiger partial charge in [-0.2, -0.15) is 0 Å². The first-order valence-corrected chi connectivity index (χ1v) is 14.0. The summed E-state index contributed by atoms with van der Waals surface area (Å²) >= 11 is 12.4. The van der Waals surface area contributed by atoms with Gasteiger partial charge in [-0.25, -0.2) is 12.7 Å². The first-order chi connectivity index (χ1) is 16.0. The number of rotatable bonds is 9. The van der Waals surface area contributed by atoms with Gasteiger partial charge in [-0.1, -0.05) is 59.6 Å². The molecule has 2 aromatic rings. The molecule has 0 saturated carbocycles. The highest BCUT2D eigenvalue weighted by Crippen LogP contribution is 2.33. The zero-order valence-electron chi connectivity index (χ0n) is 19.9. The highest BCUT2D eigenvalue weighted by Gasteiger charge is 2.36. The monoisotopic (exact) mass is 525 g/mol. The molecule has 1 amide bonds. The molecule has 3 rings (SSSR count). The minimum absolute atomic E-state index is 0.0156. The van der Waals surface area contributed by atoms with Crippen LogP contribution in [0.25, 0.3) is 0 Å². The van der Waals surface area contributed by atoms with Crippen LogP contribution in [-0.4, -0.2) is 62.5 Å². The highest BCUT2D eigenvalue weighted by atomic mass is 35.5.